The van der Waals surface area contributed by atoms with Crippen molar-refractivity contribution in [2.24, 2.45) is 5.92 Å². The Morgan fingerprint density at radius 2 is 1.96 bits per heavy atom. The molecule has 2 N–H and O–H groups in total. The van der Waals surface area contributed by atoms with Crippen LogP contribution in [0.15, 0.2) is 36.5 Å². The highest BCUT2D eigenvalue weighted by Crippen LogP contribution is 2.24. The Balaban J connectivity index is 1.88. The van der Waals surface area contributed by atoms with Gasteiger partial charge in [0.25, 0.3) is 0 Å². The number of hydrogen-bond acceptors (Lipinski definition) is 4. The fourth-order valence-electron chi connectivity index (χ4n) is 2.90. The number of rotatable bonds is 8. The minimum atomic E-state index is 0.157. The van der Waals surface area contributed by atoms with Crippen LogP contribution in [0.25, 0.3) is 0 Å². The van der Waals surface area contributed by atoms with Gasteiger partial charge in [-0.05, 0) is 55.0 Å². The molecule has 4 nitrogen and oxygen atoms in total. The summed E-state index contributed by atoms with van der Waals surface area (Å²) in [7, 11) is 1.71. The summed E-state index contributed by atoms with van der Waals surface area (Å²) in [5, 5.41) is 13.0. The van der Waals surface area contributed by atoms with Crippen LogP contribution in [0.5, 0.6) is 5.75 Å². The first kappa shape index (κ1) is 17.4. The molecule has 0 fully saturated rings. The van der Waals surface area contributed by atoms with E-state index in [2.05, 4.69) is 36.3 Å². The standard InChI is InChI=1S/C19H26N2O2/c1-14-8-16(9-15(2)19(14)23-3)11-20-12-17(13-22)10-18-6-4-5-7-21-18/h4-9,17,20,22H,10-13H2,1-3H3. The molecule has 1 heterocycles. The molecule has 1 aromatic heterocycles. The molecule has 1 atom stereocenters. The molecule has 0 bridgehead atoms. The van der Waals surface area contributed by atoms with Crippen LogP contribution < -0.4 is 10.1 Å². The average Bonchev–Trinajstić information content (AvgIpc) is 2.54. The molecule has 0 aliphatic rings. The molecule has 0 aliphatic carbocycles. The predicted octanol–water partition coefficient (Wildman–Crippen LogP) is 2.65. The molecular weight excluding hydrogens is 288 g/mol. The van der Waals surface area contributed by atoms with Crippen LogP contribution >= 0.6 is 0 Å². The Bertz CT molecular complexity index is 591. The smallest absolute Gasteiger partial charge is 0.124 e. The summed E-state index contributed by atoms with van der Waals surface area (Å²) in [4.78, 5) is 4.32. The number of ether oxygens (including phenoxy) is 1. The molecule has 0 saturated carbocycles. The van der Waals surface area contributed by atoms with E-state index in [-0.39, 0.29) is 12.5 Å². The maximum Gasteiger partial charge on any atom is 0.124 e. The first-order valence-corrected chi connectivity index (χ1v) is 7.99. The molecule has 2 aromatic rings. The third kappa shape index (κ3) is 5.05. The topological polar surface area (TPSA) is 54.4 Å². The SMILES string of the molecule is COc1c(C)cc(CNCC(CO)Cc2ccccn2)cc1C. The van der Waals surface area contributed by atoms with Gasteiger partial charge in [0.1, 0.15) is 5.75 Å². The number of nitrogens with zero attached hydrogens (tertiary/aromatic N) is 1. The summed E-state index contributed by atoms with van der Waals surface area (Å²) >= 11 is 0. The minimum Gasteiger partial charge on any atom is -0.496 e. The molecule has 23 heavy (non-hydrogen) atoms. The predicted molar refractivity (Wildman–Crippen MR) is 92.7 cm³/mol. The van der Waals surface area contributed by atoms with E-state index in [1.165, 1.54) is 5.56 Å². The Labute approximate surface area is 138 Å². The van der Waals surface area contributed by atoms with Crippen molar-refractivity contribution >= 4 is 0 Å². The molecule has 0 radical (unpaired) electrons. The van der Waals surface area contributed by atoms with Gasteiger partial charge in [-0.15, -0.1) is 0 Å². The second-order valence-corrected chi connectivity index (χ2v) is 5.97. The number of pyridine rings is 1. The van der Waals surface area contributed by atoms with Crippen molar-refractivity contribution in [3.05, 3.63) is 58.9 Å². The molecule has 4 heteroatoms. The number of nitrogens with one attached hydrogen (secondary N) is 1. The van der Waals surface area contributed by atoms with Gasteiger partial charge in [-0.3, -0.25) is 4.98 Å². The Kier molecular flexibility index (Phi) is 6.56. The van der Waals surface area contributed by atoms with E-state index >= 15 is 0 Å². The lowest BCUT2D eigenvalue weighted by atomic mass is 10.0. The minimum absolute atomic E-state index is 0.157. The summed E-state index contributed by atoms with van der Waals surface area (Å²) in [6.07, 6.45) is 2.57. The fraction of sp³-hybridized carbons (Fsp3) is 0.421. The maximum absolute atomic E-state index is 9.56. The molecule has 1 aromatic carbocycles. The van der Waals surface area contributed by atoms with E-state index in [4.69, 9.17) is 4.74 Å². The van der Waals surface area contributed by atoms with Gasteiger partial charge in [-0.25, -0.2) is 0 Å². The van der Waals surface area contributed by atoms with Crippen molar-refractivity contribution in [3.63, 3.8) is 0 Å². The number of aromatic nitrogens is 1. The van der Waals surface area contributed by atoms with E-state index in [0.717, 1.165) is 42.1 Å². The first-order chi connectivity index (χ1) is 11.1. The monoisotopic (exact) mass is 314 g/mol. The molecule has 1 unspecified atom stereocenters. The van der Waals surface area contributed by atoms with Gasteiger partial charge in [0.2, 0.25) is 0 Å². The van der Waals surface area contributed by atoms with E-state index in [9.17, 15) is 5.11 Å². The molecule has 0 aliphatic heterocycles. The fourth-order valence-corrected chi connectivity index (χ4v) is 2.90. The van der Waals surface area contributed by atoms with Crippen LogP contribution in [0.1, 0.15) is 22.4 Å². The summed E-state index contributed by atoms with van der Waals surface area (Å²) in [5.74, 6) is 1.13. The zero-order chi connectivity index (χ0) is 16.7. The van der Waals surface area contributed by atoms with Gasteiger partial charge in [0, 0.05) is 31.6 Å². The Morgan fingerprint density at radius 1 is 1.22 bits per heavy atom. The van der Waals surface area contributed by atoms with Crippen molar-refractivity contribution in [2.45, 2.75) is 26.8 Å². The van der Waals surface area contributed by atoms with E-state index in [0.29, 0.717) is 0 Å². The van der Waals surface area contributed by atoms with Crippen LogP contribution in [0, 0.1) is 19.8 Å². The van der Waals surface area contributed by atoms with Gasteiger partial charge < -0.3 is 15.2 Å². The second-order valence-electron chi connectivity index (χ2n) is 5.97. The van der Waals surface area contributed by atoms with Crippen LogP contribution in [0.3, 0.4) is 0 Å². The van der Waals surface area contributed by atoms with Gasteiger partial charge in [-0.2, -0.15) is 0 Å². The first-order valence-electron chi connectivity index (χ1n) is 7.99. The van der Waals surface area contributed by atoms with Crippen molar-refractivity contribution < 1.29 is 9.84 Å². The van der Waals surface area contributed by atoms with Crippen LogP contribution in [-0.2, 0) is 13.0 Å². The van der Waals surface area contributed by atoms with Gasteiger partial charge in [0.05, 0.1) is 7.11 Å². The third-order valence-electron chi connectivity index (χ3n) is 3.97. The second kappa shape index (κ2) is 8.65. The number of aryl methyl sites for hydroxylation is 2. The van der Waals surface area contributed by atoms with Crippen LogP contribution in [0.4, 0.5) is 0 Å². The molecule has 0 amide bonds. The lowest BCUT2D eigenvalue weighted by molar-refractivity contribution is 0.220. The highest BCUT2D eigenvalue weighted by atomic mass is 16.5. The number of aliphatic hydroxyl groups is 1. The van der Waals surface area contributed by atoms with Gasteiger partial charge in [0.15, 0.2) is 0 Å². The lowest BCUT2D eigenvalue weighted by Crippen LogP contribution is -2.26. The highest BCUT2D eigenvalue weighted by molar-refractivity contribution is 5.43. The van der Waals surface area contributed by atoms with Gasteiger partial charge in [-0.1, -0.05) is 18.2 Å². The number of hydrogen-bond donors (Lipinski definition) is 2. The Morgan fingerprint density at radius 3 is 2.52 bits per heavy atom. The zero-order valence-corrected chi connectivity index (χ0v) is 14.2. The van der Waals surface area contributed by atoms with Crippen LogP contribution in [-0.4, -0.2) is 30.4 Å². The lowest BCUT2D eigenvalue weighted by Gasteiger charge is -2.16. The molecular formula is C19H26N2O2. The van der Waals surface area contributed by atoms with Crippen molar-refractivity contribution in [1.82, 2.24) is 10.3 Å². The molecule has 0 saturated heterocycles. The van der Waals surface area contributed by atoms with Gasteiger partial charge >= 0.3 is 0 Å². The molecule has 0 spiro atoms. The van der Waals surface area contributed by atoms with Crippen molar-refractivity contribution in [3.8, 4) is 5.75 Å². The van der Waals surface area contributed by atoms with Crippen LogP contribution in [0.2, 0.25) is 0 Å². The Hall–Kier alpha value is -1.91. The normalized spacial score (nSPS) is 12.2. The molecule has 124 valence electrons. The number of aliphatic hydroxyl groups excluding tert-OH is 1. The largest absolute Gasteiger partial charge is 0.496 e. The summed E-state index contributed by atoms with van der Waals surface area (Å²) in [6, 6.07) is 10.2. The maximum atomic E-state index is 9.56. The van der Waals surface area contributed by atoms with E-state index < -0.39 is 0 Å². The highest BCUT2D eigenvalue weighted by Gasteiger charge is 2.10. The molecule has 2 rings (SSSR count). The third-order valence-corrected chi connectivity index (χ3v) is 3.97. The summed E-state index contributed by atoms with van der Waals surface area (Å²) in [6.45, 7) is 5.83. The van der Waals surface area contributed by atoms with Crippen molar-refractivity contribution in [1.29, 1.82) is 0 Å². The summed E-state index contributed by atoms with van der Waals surface area (Å²) < 4.78 is 5.40. The van der Waals surface area contributed by atoms with E-state index in [1.807, 2.05) is 18.2 Å². The van der Waals surface area contributed by atoms with E-state index in [1.54, 1.807) is 13.3 Å². The average molecular weight is 314 g/mol. The number of benzene rings is 1. The summed E-state index contributed by atoms with van der Waals surface area (Å²) in [5.41, 5.74) is 4.55. The van der Waals surface area contributed by atoms with Crippen molar-refractivity contribution in [2.75, 3.05) is 20.3 Å². The quantitative estimate of drug-likeness (QED) is 0.786. The number of methoxy groups -OCH3 is 1. The zero-order valence-electron chi connectivity index (χ0n) is 14.2.